The number of aromatic hydroxyl groups is 1. The molecule has 4 heteroatoms. The maximum Gasteiger partial charge on any atom is 0.308 e. The summed E-state index contributed by atoms with van der Waals surface area (Å²) in [5.74, 6) is -0.685. The highest BCUT2D eigenvalue weighted by molar-refractivity contribution is 5.70. The molecule has 0 radical (unpaired) electrons. The molecular weight excluding hydrogens is 352 g/mol. The number of rotatable bonds is 7. The number of carbonyl (C=O) groups excluding carboxylic acids is 1. The van der Waals surface area contributed by atoms with Crippen molar-refractivity contribution in [1.82, 2.24) is 0 Å². The largest absolute Gasteiger partial charge is 0.508 e. The first kappa shape index (κ1) is 28.7. The zero-order chi connectivity index (χ0) is 22.6. The van der Waals surface area contributed by atoms with Crippen molar-refractivity contribution in [2.75, 3.05) is 7.11 Å². The van der Waals surface area contributed by atoms with Gasteiger partial charge >= 0.3 is 5.97 Å². The van der Waals surface area contributed by atoms with Crippen LogP contribution in [0.4, 0.5) is 0 Å². The van der Waals surface area contributed by atoms with Crippen molar-refractivity contribution in [3.63, 3.8) is 0 Å². The predicted molar refractivity (Wildman–Crippen MR) is 119 cm³/mol. The molecule has 0 fully saturated rings. The summed E-state index contributed by atoms with van der Waals surface area (Å²) in [7, 11) is 1.53. The molecule has 28 heavy (non-hydrogen) atoms. The molecule has 1 aromatic rings. The molecule has 0 aliphatic rings. The summed E-state index contributed by atoms with van der Waals surface area (Å²) >= 11 is 0. The normalized spacial score (nSPS) is 11.5. The molecule has 0 spiro atoms. The van der Waals surface area contributed by atoms with Crippen molar-refractivity contribution in [2.24, 2.45) is 5.41 Å². The molecule has 1 aromatic carbocycles. The maximum absolute atomic E-state index is 11.5. The molecule has 0 atom stereocenters. The Balaban J connectivity index is 0. The molecule has 0 saturated carbocycles. The first-order valence-corrected chi connectivity index (χ1v) is 10.3. The van der Waals surface area contributed by atoms with E-state index in [1.165, 1.54) is 12.7 Å². The Morgan fingerprint density at radius 3 is 1.75 bits per heavy atom. The minimum absolute atomic E-state index is 0.000898. The highest BCUT2D eigenvalue weighted by Gasteiger charge is 2.26. The van der Waals surface area contributed by atoms with Gasteiger partial charge in [-0.25, -0.2) is 0 Å². The van der Waals surface area contributed by atoms with E-state index >= 15 is 0 Å². The molecular formula is C24H44O4. The molecule has 0 aliphatic heterocycles. The third kappa shape index (κ3) is 12.0. The van der Waals surface area contributed by atoms with Crippen LogP contribution in [0.2, 0.25) is 0 Å². The lowest BCUT2D eigenvalue weighted by atomic mass is 9.82. The average molecular weight is 397 g/mol. The molecule has 1 rings (SSSR count). The Hall–Kier alpha value is -1.55. The van der Waals surface area contributed by atoms with Gasteiger partial charge in [0.25, 0.3) is 0 Å². The zero-order valence-corrected chi connectivity index (χ0v) is 20.1. The quantitative estimate of drug-likeness (QED) is 0.405. The van der Waals surface area contributed by atoms with Crippen molar-refractivity contribution in [3.8, 4) is 5.75 Å². The van der Waals surface area contributed by atoms with Crippen LogP contribution in [0.1, 0.15) is 94.1 Å². The summed E-state index contributed by atoms with van der Waals surface area (Å²) in [6, 6.07) is 7.46. The SMILES string of the molecule is CC.CCC(C)(C)CC(=O)OC(C)(C)OC.CCC(C)(C)c1ccc(O)cc1. The summed E-state index contributed by atoms with van der Waals surface area (Å²) in [5, 5.41) is 9.10. The molecule has 164 valence electrons. The Morgan fingerprint density at radius 2 is 1.39 bits per heavy atom. The van der Waals surface area contributed by atoms with Crippen molar-refractivity contribution in [1.29, 1.82) is 0 Å². The Morgan fingerprint density at radius 1 is 0.929 bits per heavy atom. The molecule has 0 heterocycles. The Kier molecular flexibility index (Phi) is 13.1. The van der Waals surface area contributed by atoms with E-state index < -0.39 is 5.79 Å². The van der Waals surface area contributed by atoms with E-state index in [-0.39, 0.29) is 16.8 Å². The smallest absolute Gasteiger partial charge is 0.308 e. The van der Waals surface area contributed by atoms with Gasteiger partial charge in [-0.05, 0) is 34.9 Å². The van der Waals surface area contributed by atoms with Gasteiger partial charge in [0.05, 0.1) is 6.42 Å². The van der Waals surface area contributed by atoms with Crippen molar-refractivity contribution >= 4 is 5.97 Å². The van der Waals surface area contributed by atoms with Gasteiger partial charge in [-0.15, -0.1) is 0 Å². The highest BCUT2D eigenvalue weighted by atomic mass is 16.7. The van der Waals surface area contributed by atoms with E-state index in [1.807, 2.05) is 39.8 Å². The molecule has 0 bridgehead atoms. The van der Waals surface area contributed by atoms with Crippen molar-refractivity contribution < 1.29 is 19.4 Å². The van der Waals surface area contributed by atoms with Crippen molar-refractivity contribution in [2.45, 2.75) is 99.7 Å². The van der Waals surface area contributed by atoms with Crippen LogP contribution in [0.3, 0.4) is 0 Å². The number of ether oxygens (including phenoxy) is 2. The van der Waals surface area contributed by atoms with E-state index in [0.717, 1.165) is 12.8 Å². The molecule has 0 amide bonds. The van der Waals surface area contributed by atoms with Crippen LogP contribution in [0, 0.1) is 5.41 Å². The lowest BCUT2D eigenvalue weighted by Crippen LogP contribution is -2.31. The molecule has 4 nitrogen and oxygen atoms in total. The third-order valence-corrected chi connectivity index (χ3v) is 4.96. The van der Waals surface area contributed by atoms with E-state index in [4.69, 9.17) is 14.6 Å². The second-order valence-corrected chi connectivity index (χ2v) is 8.56. The van der Waals surface area contributed by atoms with E-state index in [2.05, 4.69) is 27.7 Å². The monoisotopic (exact) mass is 396 g/mol. The van der Waals surface area contributed by atoms with Gasteiger partial charge in [0.2, 0.25) is 5.79 Å². The van der Waals surface area contributed by atoms with Gasteiger partial charge in [0.15, 0.2) is 0 Å². The fourth-order valence-corrected chi connectivity index (χ4v) is 1.98. The molecule has 0 aliphatic carbocycles. The summed E-state index contributed by atoms with van der Waals surface area (Å²) in [4.78, 5) is 11.5. The second-order valence-electron chi connectivity index (χ2n) is 8.56. The summed E-state index contributed by atoms with van der Waals surface area (Å²) in [5.41, 5.74) is 1.50. The van der Waals surface area contributed by atoms with Crippen LogP contribution in [-0.4, -0.2) is 24.0 Å². The number of phenols is 1. The third-order valence-electron chi connectivity index (χ3n) is 4.96. The van der Waals surface area contributed by atoms with Crippen LogP contribution >= 0.6 is 0 Å². The second kappa shape index (κ2) is 12.8. The first-order chi connectivity index (χ1) is 12.8. The van der Waals surface area contributed by atoms with Crippen LogP contribution in [0.25, 0.3) is 0 Å². The fourth-order valence-electron chi connectivity index (χ4n) is 1.98. The number of hydrogen-bond donors (Lipinski definition) is 1. The van der Waals surface area contributed by atoms with Gasteiger partial charge in [0.1, 0.15) is 5.75 Å². The molecule has 0 aromatic heterocycles. The minimum Gasteiger partial charge on any atom is -0.508 e. The molecule has 0 unspecified atom stereocenters. The summed E-state index contributed by atoms with van der Waals surface area (Å²) < 4.78 is 10.2. The van der Waals surface area contributed by atoms with Crippen LogP contribution < -0.4 is 0 Å². The van der Waals surface area contributed by atoms with Gasteiger partial charge < -0.3 is 14.6 Å². The first-order valence-electron chi connectivity index (χ1n) is 10.3. The van der Waals surface area contributed by atoms with Gasteiger partial charge in [-0.1, -0.05) is 73.9 Å². The Labute approximate surface area is 173 Å². The lowest BCUT2D eigenvalue weighted by molar-refractivity contribution is -0.207. The number of benzene rings is 1. The Bertz CT molecular complexity index is 522. The summed E-state index contributed by atoms with van der Waals surface area (Å²) in [6.45, 7) is 20.2. The number of phenolic OH excluding ortho intramolecular Hbond substituents is 1. The van der Waals surface area contributed by atoms with Crippen LogP contribution in [-0.2, 0) is 19.7 Å². The summed E-state index contributed by atoms with van der Waals surface area (Å²) in [6.07, 6.45) is 2.49. The highest BCUT2D eigenvalue weighted by Crippen LogP contribution is 2.27. The number of methoxy groups -OCH3 is 1. The minimum atomic E-state index is -0.819. The van der Waals surface area contributed by atoms with Gasteiger partial charge in [-0.3, -0.25) is 4.79 Å². The average Bonchev–Trinajstić information content (AvgIpc) is 2.63. The van der Waals surface area contributed by atoms with Gasteiger partial charge in [0, 0.05) is 21.0 Å². The van der Waals surface area contributed by atoms with Crippen LogP contribution in [0.5, 0.6) is 5.75 Å². The fraction of sp³-hybridized carbons (Fsp3) is 0.708. The van der Waals surface area contributed by atoms with Crippen molar-refractivity contribution in [3.05, 3.63) is 29.8 Å². The predicted octanol–water partition coefficient (Wildman–Crippen LogP) is 6.84. The lowest BCUT2D eigenvalue weighted by Gasteiger charge is -2.26. The number of esters is 1. The standard InChI is InChI=1S/C11H22O3.C11H16O.C2H6/c1-7-10(2,3)8-9(12)14-11(4,5)13-6;1-4-11(2,3)9-5-7-10(12)8-6-9;1-2/h7-8H2,1-6H3;5-8,12H,4H2,1-3H3;1-2H3. The number of hydrogen-bond acceptors (Lipinski definition) is 4. The number of carbonyl (C=O) groups is 1. The zero-order valence-electron chi connectivity index (χ0n) is 20.1. The molecule has 0 saturated heterocycles. The van der Waals surface area contributed by atoms with Crippen LogP contribution in [0.15, 0.2) is 24.3 Å². The van der Waals surface area contributed by atoms with E-state index in [1.54, 1.807) is 26.0 Å². The maximum atomic E-state index is 11.5. The topological polar surface area (TPSA) is 55.8 Å². The van der Waals surface area contributed by atoms with E-state index in [0.29, 0.717) is 12.2 Å². The van der Waals surface area contributed by atoms with E-state index in [9.17, 15) is 4.79 Å². The van der Waals surface area contributed by atoms with Gasteiger partial charge in [-0.2, -0.15) is 0 Å². The molecule has 1 N–H and O–H groups in total.